The van der Waals surface area contributed by atoms with Crippen LogP contribution < -0.4 is 10.3 Å². The molecule has 1 heterocycles. The van der Waals surface area contributed by atoms with Gasteiger partial charge in [0.25, 0.3) is 11.2 Å². The first-order chi connectivity index (χ1) is 15.1. The van der Waals surface area contributed by atoms with E-state index < -0.39 is 4.92 Å². The minimum absolute atomic E-state index is 0.0470. The number of para-hydroxylation sites is 2. The number of nitro benzene ring substituents is 1. The van der Waals surface area contributed by atoms with Crippen molar-refractivity contribution in [3.8, 4) is 11.4 Å². The number of nitrogens with zero attached hydrogens (tertiary/aromatic N) is 3. The van der Waals surface area contributed by atoms with E-state index in [0.29, 0.717) is 45.4 Å². The number of thioether (sulfide) groups is 1. The summed E-state index contributed by atoms with van der Waals surface area (Å²) in [5, 5.41) is 12.3. The van der Waals surface area contributed by atoms with Crippen LogP contribution in [-0.2, 0) is 5.75 Å². The second-order valence-electron chi connectivity index (χ2n) is 6.65. The Morgan fingerprint density at radius 3 is 2.48 bits per heavy atom. The number of rotatable bonds is 7. The maximum absolute atomic E-state index is 13.3. The van der Waals surface area contributed by atoms with Crippen LogP contribution >= 0.6 is 11.8 Å². The van der Waals surface area contributed by atoms with Crippen LogP contribution in [0.4, 0.5) is 5.69 Å². The van der Waals surface area contributed by atoms with E-state index in [0.717, 1.165) is 0 Å². The summed E-state index contributed by atoms with van der Waals surface area (Å²) in [5.41, 5.74) is 1.65. The van der Waals surface area contributed by atoms with E-state index in [1.54, 1.807) is 60.7 Å². The molecule has 4 rings (SSSR count). The predicted octanol–water partition coefficient (Wildman–Crippen LogP) is 4.98. The van der Waals surface area contributed by atoms with Gasteiger partial charge in [0.2, 0.25) is 0 Å². The van der Waals surface area contributed by atoms with Crippen molar-refractivity contribution >= 4 is 28.4 Å². The van der Waals surface area contributed by atoms with Gasteiger partial charge in [-0.15, -0.1) is 0 Å². The summed E-state index contributed by atoms with van der Waals surface area (Å²) in [4.78, 5) is 29.0. The highest BCUT2D eigenvalue weighted by Crippen LogP contribution is 2.29. The molecule has 0 aliphatic rings. The van der Waals surface area contributed by atoms with Crippen molar-refractivity contribution in [2.75, 3.05) is 6.61 Å². The Bertz CT molecular complexity index is 1300. The fourth-order valence-electron chi connectivity index (χ4n) is 3.25. The van der Waals surface area contributed by atoms with Gasteiger partial charge in [0, 0.05) is 17.4 Å². The second-order valence-corrected chi connectivity index (χ2v) is 7.60. The Morgan fingerprint density at radius 1 is 1.03 bits per heavy atom. The largest absolute Gasteiger partial charge is 0.494 e. The number of ether oxygens (including phenoxy) is 1. The third-order valence-corrected chi connectivity index (χ3v) is 5.68. The van der Waals surface area contributed by atoms with Crippen LogP contribution in [0.25, 0.3) is 16.6 Å². The normalized spacial score (nSPS) is 10.9. The zero-order chi connectivity index (χ0) is 21.8. The molecular formula is C23H19N3O4S. The molecule has 0 N–H and O–H groups in total. The Balaban J connectivity index is 1.79. The molecule has 8 heteroatoms. The minimum atomic E-state index is -0.400. The van der Waals surface area contributed by atoms with E-state index in [9.17, 15) is 14.9 Å². The van der Waals surface area contributed by atoms with Crippen molar-refractivity contribution in [1.29, 1.82) is 0 Å². The highest BCUT2D eigenvalue weighted by Gasteiger charge is 2.17. The van der Waals surface area contributed by atoms with Crippen molar-refractivity contribution in [3.05, 3.63) is 98.8 Å². The van der Waals surface area contributed by atoms with Crippen LogP contribution in [0.3, 0.4) is 0 Å². The van der Waals surface area contributed by atoms with Gasteiger partial charge >= 0.3 is 0 Å². The summed E-state index contributed by atoms with van der Waals surface area (Å²) in [5.74, 6) is 1.01. The standard InChI is InChI=1S/C23H19N3O4S/c1-2-30-18-13-11-17(12-14-18)25-22(27)19-8-4-5-9-20(19)24-23(25)31-15-16-7-3-6-10-21(16)26(28)29/h3-14H,2,15H2,1H3. The average molecular weight is 433 g/mol. The molecule has 0 radical (unpaired) electrons. The number of nitro groups is 1. The maximum Gasteiger partial charge on any atom is 0.273 e. The molecular weight excluding hydrogens is 414 g/mol. The lowest BCUT2D eigenvalue weighted by Gasteiger charge is -2.14. The summed E-state index contributed by atoms with van der Waals surface area (Å²) >= 11 is 1.29. The highest BCUT2D eigenvalue weighted by atomic mass is 32.2. The molecule has 1 aromatic heterocycles. The van der Waals surface area contributed by atoms with E-state index in [1.165, 1.54) is 22.4 Å². The summed E-state index contributed by atoms with van der Waals surface area (Å²) in [7, 11) is 0. The lowest BCUT2D eigenvalue weighted by atomic mass is 10.2. The minimum Gasteiger partial charge on any atom is -0.494 e. The molecule has 4 aromatic rings. The van der Waals surface area contributed by atoms with Gasteiger partial charge in [-0.3, -0.25) is 19.5 Å². The quantitative estimate of drug-likeness (QED) is 0.177. The molecule has 0 unspecified atom stereocenters. The monoisotopic (exact) mass is 433 g/mol. The van der Waals surface area contributed by atoms with Crippen LogP contribution in [0.15, 0.2) is 82.7 Å². The molecule has 31 heavy (non-hydrogen) atoms. The van der Waals surface area contributed by atoms with E-state index in [4.69, 9.17) is 4.74 Å². The fraction of sp³-hybridized carbons (Fsp3) is 0.130. The lowest BCUT2D eigenvalue weighted by molar-refractivity contribution is -0.385. The number of benzene rings is 3. The van der Waals surface area contributed by atoms with Gasteiger partial charge in [-0.05, 0) is 43.3 Å². The number of hydrogen-bond acceptors (Lipinski definition) is 6. The Labute approximate surface area is 182 Å². The third-order valence-electron chi connectivity index (χ3n) is 4.70. The maximum atomic E-state index is 13.3. The van der Waals surface area contributed by atoms with Crippen molar-refractivity contribution in [2.24, 2.45) is 0 Å². The molecule has 0 saturated carbocycles. The molecule has 0 amide bonds. The molecule has 156 valence electrons. The van der Waals surface area contributed by atoms with Crippen LogP contribution in [0.5, 0.6) is 5.75 Å². The first-order valence-corrected chi connectivity index (χ1v) is 10.7. The van der Waals surface area contributed by atoms with Crippen molar-refractivity contribution < 1.29 is 9.66 Å². The first-order valence-electron chi connectivity index (χ1n) is 9.68. The zero-order valence-electron chi connectivity index (χ0n) is 16.7. The Hall–Kier alpha value is -3.65. The zero-order valence-corrected chi connectivity index (χ0v) is 17.5. The molecule has 0 aliphatic carbocycles. The summed E-state index contributed by atoms with van der Waals surface area (Å²) in [6, 6.07) is 21.0. The van der Waals surface area contributed by atoms with Crippen molar-refractivity contribution in [3.63, 3.8) is 0 Å². The molecule has 0 atom stereocenters. The topological polar surface area (TPSA) is 87.3 Å². The Kier molecular flexibility index (Phi) is 5.99. The van der Waals surface area contributed by atoms with Gasteiger partial charge in [-0.1, -0.05) is 42.1 Å². The number of hydrogen-bond donors (Lipinski definition) is 0. The van der Waals surface area contributed by atoms with E-state index >= 15 is 0 Å². The summed E-state index contributed by atoms with van der Waals surface area (Å²) in [6.45, 7) is 2.46. The molecule has 3 aromatic carbocycles. The average Bonchev–Trinajstić information content (AvgIpc) is 2.79. The van der Waals surface area contributed by atoms with Crippen LogP contribution in [0.2, 0.25) is 0 Å². The molecule has 0 fully saturated rings. The van der Waals surface area contributed by atoms with Gasteiger partial charge in [0.1, 0.15) is 5.75 Å². The lowest BCUT2D eigenvalue weighted by Crippen LogP contribution is -2.21. The van der Waals surface area contributed by atoms with Crippen LogP contribution in [0.1, 0.15) is 12.5 Å². The summed E-state index contributed by atoms with van der Waals surface area (Å²) < 4.78 is 7.04. The van der Waals surface area contributed by atoms with E-state index in [1.807, 2.05) is 13.0 Å². The van der Waals surface area contributed by atoms with Gasteiger partial charge in [0.15, 0.2) is 5.16 Å². The second kappa shape index (κ2) is 9.01. The van der Waals surface area contributed by atoms with E-state index in [-0.39, 0.29) is 11.2 Å². The van der Waals surface area contributed by atoms with E-state index in [2.05, 4.69) is 4.98 Å². The SMILES string of the molecule is CCOc1ccc(-n2c(SCc3ccccc3[N+](=O)[O-])nc3ccccc3c2=O)cc1. The summed E-state index contributed by atoms with van der Waals surface area (Å²) in [6.07, 6.45) is 0. The highest BCUT2D eigenvalue weighted by molar-refractivity contribution is 7.98. The molecule has 0 bridgehead atoms. The van der Waals surface area contributed by atoms with Crippen molar-refractivity contribution in [1.82, 2.24) is 9.55 Å². The van der Waals surface area contributed by atoms with Crippen molar-refractivity contribution in [2.45, 2.75) is 17.8 Å². The van der Waals surface area contributed by atoms with Gasteiger partial charge < -0.3 is 4.74 Å². The smallest absolute Gasteiger partial charge is 0.273 e. The molecule has 0 spiro atoms. The van der Waals surface area contributed by atoms with Gasteiger partial charge in [0.05, 0.1) is 28.1 Å². The number of aromatic nitrogens is 2. The number of fused-ring (bicyclic) bond motifs is 1. The molecule has 7 nitrogen and oxygen atoms in total. The first kappa shape index (κ1) is 20.6. The predicted molar refractivity (Wildman–Crippen MR) is 121 cm³/mol. The van der Waals surface area contributed by atoms with Gasteiger partial charge in [-0.25, -0.2) is 4.98 Å². The van der Waals surface area contributed by atoms with Gasteiger partial charge in [-0.2, -0.15) is 0 Å². The molecule has 0 saturated heterocycles. The van der Waals surface area contributed by atoms with Crippen LogP contribution in [-0.4, -0.2) is 21.1 Å². The molecule has 0 aliphatic heterocycles. The third kappa shape index (κ3) is 4.29. The fourth-order valence-corrected chi connectivity index (χ4v) is 4.26. The Morgan fingerprint density at radius 2 is 1.74 bits per heavy atom. The van der Waals surface area contributed by atoms with Crippen LogP contribution in [0, 0.1) is 10.1 Å².